The van der Waals surface area contributed by atoms with Crippen molar-refractivity contribution in [2.24, 2.45) is 5.92 Å². The van der Waals surface area contributed by atoms with E-state index >= 15 is 0 Å². The van der Waals surface area contributed by atoms with Gasteiger partial charge in [0.25, 0.3) is 5.56 Å². The van der Waals surface area contributed by atoms with Gasteiger partial charge >= 0.3 is 0 Å². The van der Waals surface area contributed by atoms with Crippen molar-refractivity contribution in [3.8, 4) is 0 Å². The highest BCUT2D eigenvalue weighted by molar-refractivity contribution is 7.99. The highest BCUT2D eigenvalue weighted by Gasteiger charge is 2.29. The first-order valence-electron chi connectivity index (χ1n) is 7.55. The van der Waals surface area contributed by atoms with Crippen molar-refractivity contribution in [2.45, 2.75) is 45.8 Å². The summed E-state index contributed by atoms with van der Waals surface area (Å²) in [6, 6.07) is 0. The molecular formula is C15H23N3O2S. The Labute approximate surface area is 129 Å². The van der Waals surface area contributed by atoms with Crippen molar-refractivity contribution in [3.63, 3.8) is 0 Å². The number of rotatable bonds is 4. The summed E-state index contributed by atoms with van der Waals surface area (Å²) in [5.41, 5.74) is 1.59. The third kappa shape index (κ3) is 3.00. The number of aryl methyl sites for hydroxylation is 1. The fourth-order valence-corrected chi connectivity index (χ4v) is 3.86. The third-order valence-electron chi connectivity index (χ3n) is 4.03. The molecule has 0 saturated heterocycles. The van der Waals surface area contributed by atoms with Gasteiger partial charge in [0.15, 0.2) is 5.16 Å². The van der Waals surface area contributed by atoms with Crippen molar-refractivity contribution >= 4 is 17.7 Å². The Balaban J connectivity index is 2.32. The van der Waals surface area contributed by atoms with Crippen LogP contribution < -0.4 is 5.56 Å². The largest absolute Gasteiger partial charge is 0.343 e. The fourth-order valence-electron chi connectivity index (χ4n) is 2.75. The van der Waals surface area contributed by atoms with Crippen LogP contribution in [-0.2, 0) is 17.8 Å². The van der Waals surface area contributed by atoms with E-state index in [1.54, 1.807) is 4.57 Å². The van der Waals surface area contributed by atoms with Crippen LogP contribution in [0.3, 0.4) is 0 Å². The van der Waals surface area contributed by atoms with Crippen LogP contribution >= 0.6 is 11.8 Å². The molecule has 1 aromatic rings. The minimum Gasteiger partial charge on any atom is -0.343 e. The van der Waals surface area contributed by atoms with Crippen molar-refractivity contribution in [1.82, 2.24) is 14.5 Å². The van der Waals surface area contributed by atoms with E-state index in [-0.39, 0.29) is 17.4 Å². The summed E-state index contributed by atoms with van der Waals surface area (Å²) in [6.45, 7) is 9.70. The summed E-state index contributed by atoms with van der Waals surface area (Å²) in [4.78, 5) is 31.4. The molecule has 21 heavy (non-hydrogen) atoms. The lowest BCUT2D eigenvalue weighted by molar-refractivity contribution is -0.135. The van der Waals surface area contributed by atoms with Crippen molar-refractivity contribution in [2.75, 3.05) is 18.8 Å². The van der Waals surface area contributed by atoms with E-state index in [4.69, 9.17) is 0 Å². The van der Waals surface area contributed by atoms with E-state index in [9.17, 15) is 9.59 Å². The van der Waals surface area contributed by atoms with Crippen LogP contribution in [0.25, 0.3) is 0 Å². The first-order chi connectivity index (χ1) is 10.0. The monoisotopic (exact) mass is 309 g/mol. The van der Waals surface area contributed by atoms with Crippen LogP contribution in [0.4, 0.5) is 0 Å². The summed E-state index contributed by atoms with van der Waals surface area (Å²) >= 11 is 1.52. The number of carbonyl (C=O) groups is 1. The lowest BCUT2D eigenvalue weighted by Gasteiger charge is -2.29. The van der Waals surface area contributed by atoms with Crippen molar-refractivity contribution < 1.29 is 4.79 Å². The highest BCUT2D eigenvalue weighted by atomic mass is 32.2. The topological polar surface area (TPSA) is 55.2 Å². The molecule has 0 aromatic carbocycles. The van der Waals surface area contributed by atoms with Gasteiger partial charge in [-0.3, -0.25) is 14.2 Å². The lowest BCUT2D eigenvalue weighted by Crippen LogP contribution is -2.43. The quantitative estimate of drug-likeness (QED) is 0.795. The molecule has 1 aliphatic heterocycles. The zero-order chi connectivity index (χ0) is 15.6. The Morgan fingerprint density at radius 1 is 1.38 bits per heavy atom. The zero-order valence-electron chi connectivity index (χ0n) is 13.2. The number of hydrogen-bond acceptors (Lipinski definition) is 4. The Hall–Kier alpha value is -1.30. The molecule has 5 nitrogen and oxygen atoms in total. The Morgan fingerprint density at radius 3 is 2.62 bits per heavy atom. The van der Waals surface area contributed by atoms with Gasteiger partial charge in [-0.2, -0.15) is 0 Å². The second-order valence-electron chi connectivity index (χ2n) is 5.25. The molecule has 1 unspecified atom stereocenters. The molecular weight excluding hydrogens is 286 g/mol. The van der Waals surface area contributed by atoms with Crippen LogP contribution in [0.5, 0.6) is 0 Å². The predicted octanol–water partition coefficient (Wildman–Crippen LogP) is 1.70. The minimum atomic E-state index is -0.130. The maximum Gasteiger partial charge on any atom is 0.257 e. The molecule has 1 amide bonds. The number of aromatic nitrogens is 2. The van der Waals surface area contributed by atoms with Crippen LogP contribution in [0.2, 0.25) is 0 Å². The van der Waals surface area contributed by atoms with Crippen molar-refractivity contribution in [1.29, 1.82) is 0 Å². The average Bonchev–Trinajstić information content (AvgIpc) is 2.48. The van der Waals surface area contributed by atoms with E-state index < -0.39 is 0 Å². The SMILES string of the molecule is CCc1c(C)nc2n(c1=O)CC(C(=O)N(CC)CC)CS2. The maximum atomic E-state index is 12.5. The average molecular weight is 309 g/mol. The van der Waals surface area contributed by atoms with Crippen LogP contribution in [-0.4, -0.2) is 39.2 Å². The first kappa shape index (κ1) is 16.1. The fraction of sp³-hybridized carbons (Fsp3) is 0.667. The molecule has 0 aliphatic carbocycles. The number of nitrogens with zero attached hydrogens (tertiary/aromatic N) is 3. The summed E-state index contributed by atoms with van der Waals surface area (Å²) in [5, 5.41) is 0.748. The molecule has 0 radical (unpaired) electrons. The molecule has 116 valence electrons. The molecule has 2 rings (SSSR count). The molecule has 0 fully saturated rings. The van der Waals surface area contributed by atoms with Gasteiger partial charge in [-0.1, -0.05) is 18.7 Å². The molecule has 0 bridgehead atoms. The molecule has 1 atom stereocenters. The summed E-state index contributed by atoms with van der Waals surface area (Å²) in [7, 11) is 0. The second-order valence-corrected chi connectivity index (χ2v) is 6.23. The Morgan fingerprint density at radius 2 is 2.05 bits per heavy atom. The molecule has 0 saturated carbocycles. The van der Waals surface area contributed by atoms with Crippen molar-refractivity contribution in [3.05, 3.63) is 21.6 Å². The summed E-state index contributed by atoms with van der Waals surface area (Å²) < 4.78 is 1.69. The normalized spacial score (nSPS) is 17.4. The number of hydrogen-bond donors (Lipinski definition) is 0. The minimum absolute atomic E-state index is 0.0181. The Kier molecular flexibility index (Phi) is 5.08. The smallest absolute Gasteiger partial charge is 0.257 e. The zero-order valence-corrected chi connectivity index (χ0v) is 14.0. The van der Waals surface area contributed by atoms with E-state index in [0.717, 1.165) is 16.4 Å². The van der Waals surface area contributed by atoms with E-state index in [1.807, 2.05) is 32.6 Å². The van der Waals surface area contributed by atoms with Gasteiger partial charge in [0.05, 0.1) is 5.92 Å². The Bertz CT molecular complexity index is 593. The molecule has 0 N–H and O–H groups in total. The predicted molar refractivity (Wildman–Crippen MR) is 84.8 cm³/mol. The number of fused-ring (bicyclic) bond motifs is 1. The van der Waals surface area contributed by atoms with Gasteiger partial charge in [-0.25, -0.2) is 4.98 Å². The summed E-state index contributed by atoms with van der Waals surface area (Å²) in [5.74, 6) is 0.713. The number of carbonyl (C=O) groups excluding carboxylic acids is 1. The van der Waals surface area contributed by atoms with Gasteiger partial charge in [0, 0.05) is 36.6 Å². The van der Waals surface area contributed by atoms with Gasteiger partial charge < -0.3 is 4.90 Å². The molecule has 0 spiro atoms. The van der Waals surface area contributed by atoms with Crippen LogP contribution in [0.15, 0.2) is 9.95 Å². The van der Waals surface area contributed by atoms with E-state index in [1.165, 1.54) is 11.8 Å². The van der Waals surface area contributed by atoms with Crippen LogP contribution in [0, 0.1) is 12.8 Å². The third-order valence-corrected chi connectivity index (χ3v) is 5.17. The maximum absolute atomic E-state index is 12.5. The van der Waals surface area contributed by atoms with Gasteiger partial charge in [0.1, 0.15) is 0 Å². The molecule has 1 aromatic heterocycles. The summed E-state index contributed by atoms with van der Waals surface area (Å²) in [6.07, 6.45) is 0.678. The first-order valence-corrected chi connectivity index (χ1v) is 8.53. The number of thioether (sulfide) groups is 1. The second kappa shape index (κ2) is 6.64. The molecule has 2 heterocycles. The molecule has 6 heteroatoms. The molecule has 1 aliphatic rings. The van der Waals surface area contributed by atoms with Gasteiger partial charge in [0.2, 0.25) is 5.91 Å². The standard InChI is InChI=1S/C15H23N3O2S/c1-5-12-10(4)16-15-18(14(12)20)8-11(9-21-15)13(19)17(6-2)7-3/h11H,5-9H2,1-4H3. The van der Waals surface area contributed by atoms with Crippen LogP contribution in [0.1, 0.15) is 32.0 Å². The van der Waals surface area contributed by atoms with E-state index in [0.29, 0.717) is 31.8 Å². The van der Waals surface area contributed by atoms with E-state index in [2.05, 4.69) is 4.98 Å². The lowest BCUT2D eigenvalue weighted by atomic mass is 10.1. The van der Waals surface area contributed by atoms with Gasteiger partial charge in [-0.05, 0) is 27.2 Å². The number of amides is 1. The highest BCUT2D eigenvalue weighted by Crippen LogP contribution is 2.27. The van der Waals surface area contributed by atoms with Gasteiger partial charge in [-0.15, -0.1) is 0 Å².